The van der Waals surface area contributed by atoms with Crippen molar-refractivity contribution in [3.05, 3.63) is 46.6 Å². The molecule has 2 aromatic rings. The summed E-state index contributed by atoms with van der Waals surface area (Å²) < 4.78 is 0. The summed E-state index contributed by atoms with van der Waals surface area (Å²) in [5.41, 5.74) is 2.74. The van der Waals surface area contributed by atoms with Crippen molar-refractivity contribution in [2.24, 2.45) is 0 Å². The summed E-state index contributed by atoms with van der Waals surface area (Å²) in [6, 6.07) is 10.8. The summed E-state index contributed by atoms with van der Waals surface area (Å²) in [5, 5.41) is 7.42. The molecule has 136 valence electrons. The first-order valence-corrected chi connectivity index (χ1v) is 9.90. The van der Waals surface area contributed by atoms with Crippen LogP contribution in [0.1, 0.15) is 36.8 Å². The van der Waals surface area contributed by atoms with E-state index >= 15 is 0 Å². The van der Waals surface area contributed by atoms with E-state index in [0.29, 0.717) is 22.3 Å². The molecule has 1 fully saturated rings. The molecule has 0 spiro atoms. The lowest BCUT2D eigenvalue weighted by molar-refractivity contribution is 0.634. The Balaban J connectivity index is 1.47. The summed E-state index contributed by atoms with van der Waals surface area (Å²) in [7, 11) is 0. The fourth-order valence-corrected chi connectivity index (χ4v) is 4.14. The molecule has 4 rings (SSSR count). The maximum Gasteiger partial charge on any atom is 0.232 e. The molecule has 2 N–H and O–H groups in total. The van der Waals surface area contributed by atoms with E-state index in [9.17, 15) is 0 Å². The van der Waals surface area contributed by atoms with Gasteiger partial charge in [0.2, 0.25) is 5.95 Å². The van der Waals surface area contributed by atoms with Crippen molar-refractivity contribution in [2.45, 2.75) is 44.7 Å². The highest BCUT2D eigenvalue weighted by molar-refractivity contribution is 7.80. The highest BCUT2D eigenvalue weighted by Gasteiger charge is 2.19. The van der Waals surface area contributed by atoms with E-state index < -0.39 is 0 Å². The quantitative estimate of drug-likeness (QED) is 0.615. The average Bonchev–Trinajstić information content (AvgIpc) is 3.13. The van der Waals surface area contributed by atoms with Crippen molar-refractivity contribution in [3.63, 3.8) is 0 Å². The molecular weight excluding hydrogens is 366 g/mol. The normalized spacial score (nSPS) is 17.0. The second kappa shape index (κ2) is 7.76. The number of benzene rings is 1. The minimum Gasteiger partial charge on any atom is -0.360 e. The van der Waals surface area contributed by atoms with Gasteiger partial charge in [0.15, 0.2) is 5.11 Å². The molecule has 2 heterocycles. The molecule has 0 bridgehead atoms. The number of hydrogen-bond acceptors (Lipinski definition) is 4. The molecule has 1 aromatic heterocycles. The van der Waals surface area contributed by atoms with Gasteiger partial charge in [0.05, 0.1) is 0 Å². The molecule has 1 aromatic carbocycles. The molecule has 0 amide bonds. The van der Waals surface area contributed by atoms with Gasteiger partial charge in [0, 0.05) is 25.2 Å². The Kier molecular flexibility index (Phi) is 5.22. The Hall–Kier alpha value is -1.92. The fraction of sp³-hybridized carbons (Fsp3) is 0.421. The van der Waals surface area contributed by atoms with Crippen LogP contribution < -0.4 is 15.5 Å². The molecule has 0 atom stereocenters. The molecule has 1 saturated carbocycles. The molecule has 0 radical (unpaired) electrons. The van der Waals surface area contributed by atoms with Gasteiger partial charge in [-0.3, -0.25) is 0 Å². The van der Waals surface area contributed by atoms with Crippen LogP contribution in [0.3, 0.4) is 0 Å². The number of anilines is 2. The van der Waals surface area contributed by atoms with Gasteiger partial charge in [-0.25, -0.2) is 4.98 Å². The van der Waals surface area contributed by atoms with Gasteiger partial charge in [-0.2, -0.15) is 4.98 Å². The lowest BCUT2D eigenvalue weighted by Crippen LogP contribution is -2.36. The number of halogens is 1. The summed E-state index contributed by atoms with van der Waals surface area (Å²) in [4.78, 5) is 11.1. The third kappa shape index (κ3) is 4.07. The molecule has 0 saturated heterocycles. The molecule has 0 unspecified atom stereocenters. The number of nitrogens with zero attached hydrogens (tertiary/aromatic N) is 3. The van der Waals surface area contributed by atoms with Crippen LogP contribution in [0.15, 0.2) is 30.3 Å². The van der Waals surface area contributed by atoms with Crippen LogP contribution in [-0.2, 0) is 13.0 Å². The van der Waals surface area contributed by atoms with E-state index in [1.807, 2.05) is 6.07 Å². The van der Waals surface area contributed by atoms with Crippen LogP contribution in [-0.4, -0.2) is 27.7 Å². The minimum absolute atomic E-state index is 0.417. The highest BCUT2D eigenvalue weighted by Crippen LogP contribution is 2.25. The number of aromatic nitrogens is 2. The van der Waals surface area contributed by atoms with Crippen molar-refractivity contribution in [3.8, 4) is 0 Å². The maximum atomic E-state index is 6.24. The summed E-state index contributed by atoms with van der Waals surface area (Å²) in [5.74, 6) is 1.27. The van der Waals surface area contributed by atoms with Gasteiger partial charge in [-0.05, 0) is 42.6 Å². The predicted molar refractivity (Wildman–Crippen MR) is 110 cm³/mol. The Morgan fingerprint density at radius 1 is 1.15 bits per heavy atom. The van der Waals surface area contributed by atoms with Gasteiger partial charge in [0.1, 0.15) is 11.0 Å². The number of fused-ring (bicyclic) bond motifs is 1. The number of rotatable bonds is 3. The zero-order valence-electron chi connectivity index (χ0n) is 14.5. The van der Waals surface area contributed by atoms with Gasteiger partial charge in [-0.1, -0.05) is 48.7 Å². The second-order valence-electron chi connectivity index (χ2n) is 6.89. The molecular formula is C19H22ClN5S. The van der Waals surface area contributed by atoms with Crippen LogP contribution in [0.5, 0.6) is 0 Å². The zero-order valence-corrected chi connectivity index (χ0v) is 16.1. The largest absolute Gasteiger partial charge is 0.360 e. The maximum absolute atomic E-state index is 6.24. The minimum atomic E-state index is 0.417. The average molecular weight is 388 g/mol. The number of hydrogen-bond donors (Lipinski definition) is 2. The van der Waals surface area contributed by atoms with Crippen LogP contribution >= 0.6 is 23.8 Å². The highest BCUT2D eigenvalue weighted by atomic mass is 35.5. The Labute approximate surface area is 164 Å². The molecule has 26 heavy (non-hydrogen) atoms. The third-order valence-electron chi connectivity index (χ3n) is 5.05. The topological polar surface area (TPSA) is 53.1 Å². The van der Waals surface area contributed by atoms with Gasteiger partial charge < -0.3 is 15.5 Å². The summed E-state index contributed by atoms with van der Waals surface area (Å²) >= 11 is 11.7. The van der Waals surface area contributed by atoms with Gasteiger partial charge in [-0.15, -0.1) is 0 Å². The van der Waals surface area contributed by atoms with Crippen molar-refractivity contribution in [1.82, 2.24) is 15.3 Å². The molecule has 7 heteroatoms. The number of thiocarbonyl (C=S) groups is 1. The van der Waals surface area contributed by atoms with E-state index in [1.165, 1.54) is 24.0 Å². The van der Waals surface area contributed by atoms with Crippen LogP contribution in [0.2, 0.25) is 5.15 Å². The SMILES string of the molecule is S=C(Nc1nc(Cl)cc(N2CCc3ccccc3C2)n1)NC1CCCC1. The van der Waals surface area contributed by atoms with Gasteiger partial charge >= 0.3 is 0 Å². The monoisotopic (exact) mass is 387 g/mol. The lowest BCUT2D eigenvalue weighted by atomic mass is 10.00. The molecule has 2 aliphatic rings. The first-order valence-electron chi connectivity index (χ1n) is 9.11. The first kappa shape index (κ1) is 17.5. The van der Waals surface area contributed by atoms with E-state index in [0.717, 1.165) is 38.2 Å². The smallest absolute Gasteiger partial charge is 0.232 e. The number of nitrogens with one attached hydrogen (secondary N) is 2. The fourth-order valence-electron chi connectivity index (χ4n) is 3.71. The lowest BCUT2D eigenvalue weighted by Gasteiger charge is -2.30. The Bertz CT molecular complexity index is 806. The van der Waals surface area contributed by atoms with E-state index in [4.69, 9.17) is 23.8 Å². The molecule has 5 nitrogen and oxygen atoms in total. The van der Waals surface area contributed by atoms with E-state index in [2.05, 4.69) is 49.8 Å². The van der Waals surface area contributed by atoms with Gasteiger partial charge in [0.25, 0.3) is 0 Å². The molecule has 1 aliphatic carbocycles. The van der Waals surface area contributed by atoms with Crippen LogP contribution in [0.4, 0.5) is 11.8 Å². The standard InChI is InChI=1S/C19H22ClN5S/c20-16-11-17(25-10-9-13-5-1-2-6-14(13)12-25)23-18(22-16)24-19(26)21-15-7-3-4-8-15/h1-2,5-6,11,15H,3-4,7-10,12H2,(H2,21,22,23,24,26). The van der Waals surface area contributed by atoms with Crippen molar-refractivity contribution < 1.29 is 0 Å². The van der Waals surface area contributed by atoms with Crippen LogP contribution in [0, 0.1) is 0 Å². The van der Waals surface area contributed by atoms with E-state index in [-0.39, 0.29) is 0 Å². The van der Waals surface area contributed by atoms with E-state index in [1.54, 1.807) is 0 Å². The summed E-state index contributed by atoms with van der Waals surface area (Å²) in [6.07, 6.45) is 5.85. The summed E-state index contributed by atoms with van der Waals surface area (Å²) in [6.45, 7) is 1.74. The third-order valence-corrected chi connectivity index (χ3v) is 5.47. The van der Waals surface area contributed by atoms with Crippen LogP contribution in [0.25, 0.3) is 0 Å². The molecule has 1 aliphatic heterocycles. The zero-order chi connectivity index (χ0) is 17.9. The van der Waals surface area contributed by atoms with Crippen molar-refractivity contribution >= 4 is 40.7 Å². The Morgan fingerprint density at radius 2 is 1.92 bits per heavy atom. The predicted octanol–water partition coefficient (Wildman–Crippen LogP) is 3.92. The second-order valence-corrected chi connectivity index (χ2v) is 7.69. The van der Waals surface area contributed by atoms with Crippen molar-refractivity contribution in [1.29, 1.82) is 0 Å². The Morgan fingerprint density at radius 3 is 2.73 bits per heavy atom. The first-order chi connectivity index (χ1) is 12.7. The van der Waals surface area contributed by atoms with Crippen molar-refractivity contribution in [2.75, 3.05) is 16.8 Å².